The first-order valence-corrected chi connectivity index (χ1v) is 6.85. The van der Waals surface area contributed by atoms with E-state index in [9.17, 15) is 4.79 Å². The number of carbonyl (C=O) groups is 1. The molecule has 0 saturated heterocycles. The summed E-state index contributed by atoms with van der Waals surface area (Å²) in [7, 11) is 3.38. The van der Waals surface area contributed by atoms with Gasteiger partial charge in [-0.15, -0.1) is 0 Å². The molecule has 0 radical (unpaired) electrons. The van der Waals surface area contributed by atoms with Crippen molar-refractivity contribution in [3.05, 3.63) is 40.4 Å². The molecule has 7 heteroatoms. The zero-order chi connectivity index (χ0) is 14.5. The largest absolute Gasteiger partial charge is 0.497 e. The average molecular weight is 339 g/mol. The van der Waals surface area contributed by atoms with Crippen LogP contribution in [0, 0.1) is 0 Å². The summed E-state index contributed by atoms with van der Waals surface area (Å²) >= 11 is 3.36. The topological polar surface area (TPSA) is 69.0 Å². The van der Waals surface area contributed by atoms with Crippen LogP contribution in [-0.4, -0.2) is 34.3 Å². The molecule has 0 atom stereocenters. The number of hydrogen-bond acceptors (Lipinski definition) is 4. The molecule has 6 nitrogen and oxygen atoms in total. The molecule has 0 aliphatic heterocycles. The van der Waals surface area contributed by atoms with Crippen molar-refractivity contribution in [3.63, 3.8) is 0 Å². The highest BCUT2D eigenvalue weighted by atomic mass is 79.9. The number of benzene rings is 1. The number of nitrogens with zero attached hydrogens (tertiary/aromatic N) is 3. The third-order valence-electron chi connectivity index (χ3n) is 2.70. The molecule has 1 amide bonds. The monoisotopic (exact) mass is 338 g/mol. The van der Waals surface area contributed by atoms with Crippen LogP contribution >= 0.6 is 15.9 Å². The molecule has 2 rings (SSSR count). The van der Waals surface area contributed by atoms with Crippen molar-refractivity contribution < 1.29 is 9.53 Å². The molecule has 1 heterocycles. The van der Waals surface area contributed by atoms with Gasteiger partial charge in [0.05, 0.1) is 12.7 Å². The van der Waals surface area contributed by atoms with Crippen LogP contribution in [0.5, 0.6) is 5.75 Å². The zero-order valence-corrected chi connectivity index (χ0v) is 12.8. The molecular formula is C13H15BrN4O2. The maximum absolute atomic E-state index is 12.1. The van der Waals surface area contributed by atoms with E-state index in [0.29, 0.717) is 30.1 Å². The molecule has 0 saturated carbocycles. The summed E-state index contributed by atoms with van der Waals surface area (Å²) in [5.41, 5.74) is 0.540. The van der Waals surface area contributed by atoms with E-state index in [1.54, 1.807) is 36.3 Å². The molecule has 0 aliphatic carbocycles. The highest BCUT2D eigenvalue weighted by molar-refractivity contribution is 9.10. The predicted octanol–water partition coefficient (Wildman–Crippen LogP) is 1.56. The van der Waals surface area contributed by atoms with Crippen LogP contribution < -0.4 is 10.1 Å². The molecule has 0 bridgehead atoms. The molecule has 1 aromatic heterocycles. The summed E-state index contributed by atoms with van der Waals surface area (Å²) in [5.74, 6) is 1.19. The molecule has 20 heavy (non-hydrogen) atoms. The Balaban J connectivity index is 1.94. The minimum Gasteiger partial charge on any atom is -0.497 e. The molecule has 2 aromatic rings. The van der Waals surface area contributed by atoms with Gasteiger partial charge in [0.25, 0.3) is 5.91 Å². The highest BCUT2D eigenvalue weighted by Gasteiger charge is 2.11. The number of nitrogens with one attached hydrogen (secondary N) is 1. The van der Waals surface area contributed by atoms with Gasteiger partial charge in [-0.05, 0) is 34.1 Å². The Kier molecular flexibility index (Phi) is 4.73. The second-order valence-corrected chi connectivity index (χ2v) is 5.04. The summed E-state index contributed by atoms with van der Waals surface area (Å²) in [6, 6.07) is 5.27. The van der Waals surface area contributed by atoms with Crippen molar-refractivity contribution in [2.75, 3.05) is 13.7 Å². The van der Waals surface area contributed by atoms with Gasteiger partial charge in [0, 0.05) is 24.5 Å². The van der Waals surface area contributed by atoms with Gasteiger partial charge in [-0.25, -0.2) is 4.98 Å². The lowest BCUT2D eigenvalue weighted by molar-refractivity contribution is 0.0953. The Morgan fingerprint density at radius 2 is 2.30 bits per heavy atom. The number of aryl methyl sites for hydroxylation is 1. The van der Waals surface area contributed by atoms with E-state index in [4.69, 9.17) is 4.74 Å². The summed E-state index contributed by atoms with van der Waals surface area (Å²) in [6.45, 7) is 0.479. The third kappa shape index (κ3) is 3.57. The normalized spacial score (nSPS) is 10.3. The fourth-order valence-electron chi connectivity index (χ4n) is 1.69. The Hall–Kier alpha value is -1.89. The van der Waals surface area contributed by atoms with Gasteiger partial charge in [0.15, 0.2) is 5.82 Å². The first-order valence-electron chi connectivity index (χ1n) is 6.06. The van der Waals surface area contributed by atoms with Gasteiger partial charge in [0.1, 0.15) is 12.1 Å². The Labute approximate surface area is 125 Å². The molecule has 1 aromatic carbocycles. The molecule has 0 aliphatic rings. The first-order chi connectivity index (χ1) is 9.60. The average Bonchev–Trinajstić information content (AvgIpc) is 2.85. The van der Waals surface area contributed by atoms with E-state index >= 15 is 0 Å². The predicted molar refractivity (Wildman–Crippen MR) is 77.7 cm³/mol. The maximum atomic E-state index is 12.1. The van der Waals surface area contributed by atoms with Crippen LogP contribution in [0.1, 0.15) is 16.2 Å². The van der Waals surface area contributed by atoms with Crippen LogP contribution in [0.3, 0.4) is 0 Å². The molecule has 1 N–H and O–H groups in total. The van der Waals surface area contributed by atoms with Crippen LogP contribution in [0.25, 0.3) is 0 Å². The Bertz CT molecular complexity index is 612. The SMILES string of the molecule is COc1ccc(Br)c(C(=O)NCCc2ncn(C)n2)c1. The lowest BCUT2D eigenvalue weighted by Crippen LogP contribution is -2.26. The summed E-state index contributed by atoms with van der Waals surface area (Å²) in [5, 5.41) is 6.99. The van der Waals surface area contributed by atoms with E-state index in [0.717, 1.165) is 4.47 Å². The standard InChI is InChI=1S/C13H15BrN4O2/c1-18-8-16-12(17-18)5-6-15-13(19)10-7-9(20-2)3-4-11(10)14/h3-4,7-8H,5-6H2,1-2H3,(H,15,19). The van der Waals surface area contributed by atoms with E-state index < -0.39 is 0 Å². The lowest BCUT2D eigenvalue weighted by atomic mass is 10.2. The lowest BCUT2D eigenvalue weighted by Gasteiger charge is -2.08. The Morgan fingerprint density at radius 3 is 2.95 bits per heavy atom. The van der Waals surface area contributed by atoms with Crippen molar-refractivity contribution in [2.45, 2.75) is 6.42 Å². The summed E-state index contributed by atoms with van der Waals surface area (Å²) < 4.78 is 7.48. The molecular weight excluding hydrogens is 324 g/mol. The second kappa shape index (κ2) is 6.51. The first kappa shape index (κ1) is 14.5. The highest BCUT2D eigenvalue weighted by Crippen LogP contribution is 2.22. The zero-order valence-electron chi connectivity index (χ0n) is 11.3. The van der Waals surface area contributed by atoms with Crippen LogP contribution in [-0.2, 0) is 13.5 Å². The third-order valence-corrected chi connectivity index (χ3v) is 3.39. The number of carbonyl (C=O) groups excluding carboxylic acids is 1. The van der Waals surface area contributed by atoms with E-state index in [1.807, 2.05) is 7.05 Å². The van der Waals surface area contributed by atoms with Crippen molar-refractivity contribution in [1.82, 2.24) is 20.1 Å². The second-order valence-electron chi connectivity index (χ2n) is 4.19. The van der Waals surface area contributed by atoms with Crippen LogP contribution in [0.2, 0.25) is 0 Å². The van der Waals surface area contributed by atoms with E-state index in [2.05, 4.69) is 31.3 Å². The minimum atomic E-state index is -0.160. The molecule has 0 unspecified atom stereocenters. The summed E-state index contributed by atoms with van der Waals surface area (Å²) in [4.78, 5) is 16.2. The van der Waals surface area contributed by atoms with E-state index in [-0.39, 0.29) is 5.91 Å². The van der Waals surface area contributed by atoms with Crippen LogP contribution in [0.4, 0.5) is 0 Å². The smallest absolute Gasteiger partial charge is 0.252 e. The van der Waals surface area contributed by atoms with Crippen molar-refractivity contribution >= 4 is 21.8 Å². The van der Waals surface area contributed by atoms with Gasteiger partial charge in [0.2, 0.25) is 0 Å². The molecule has 0 spiro atoms. The van der Waals surface area contributed by atoms with Crippen molar-refractivity contribution in [3.8, 4) is 5.75 Å². The number of rotatable bonds is 5. The van der Waals surface area contributed by atoms with Gasteiger partial charge < -0.3 is 10.1 Å². The minimum absolute atomic E-state index is 0.160. The van der Waals surface area contributed by atoms with Gasteiger partial charge in [-0.2, -0.15) is 5.10 Å². The fraction of sp³-hybridized carbons (Fsp3) is 0.308. The number of halogens is 1. The molecule has 106 valence electrons. The van der Waals surface area contributed by atoms with E-state index in [1.165, 1.54) is 0 Å². The van der Waals surface area contributed by atoms with Crippen molar-refractivity contribution in [1.29, 1.82) is 0 Å². The van der Waals surface area contributed by atoms with Gasteiger partial charge in [-0.1, -0.05) is 0 Å². The summed E-state index contributed by atoms with van der Waals surface area (Å²) in [6.07, 6.45) is 2.23. The Morgan fingerprint density at radius 1 is 1.50 bits per heavy atom. The quantitative estimate of drug-likeness (QED) is 0.898. The van der Waals surface area contributed by atoms with Crippen LogP contribution in [0.15, 0.2) is 29.0 Å². The number of ether oxygens (including phenoxy) is 1. The van der Waals surface area contributed by atoms with Crippen molar-refractivity contribution in [2.24, 2.45) is 7.05 Å². The molecule has 0 fully saturated rings. The van der Waals surface area contributed by atoms with Gasteiger partial charge in [-0.3, -0.25) is 9.48 Å². The number of hydrogen-bond donors (Lipinski definition) is 1. The fourth-order valence-corrected chi connectivity index (χ4v) is 2.11. The number of aromatic nitrogens is 3. The number of methoxy groups -OCH3 is 1. The number of amides is 1. The van der Waals surface area contributed by atoms with Gasteiger partial charge >= 0.3 is 0 Å². The maximum Gasteiger partial charge on any atom is 0.252 e.